The molecule has 1 aliphatic heterocycles. The first kappa shape index (κ1) is 16.6. The largest absolute Gasteiger partial charge is 0.369 e. The molecule has 26 heavy (non-hydrogen) atoms. The van der Waals surface area contributed by atoms with Crippen LogP contribution >= 0.6 is 0 Å². The summed E-state index contributed by atoms with van der Waals surface area (Å²) in [6.07, 6.45) is 6.77. The minimum atomic E-state index is -0.117. The van der Waals surface area contributed by atoms with Crippen molar-refractivity contribution in [2.75, 3.05) is 18.8 Å². The lowest BCUT2D eigenvalue weighted by Crippen LogP contribution is -2.44. The standard InChI is InChI=1S/C20H22N4O2/c21-19-22-17-15(18(26)23-19)8-9-20(17)10-12-24(13-11-20)16(25)7-6-14-4-2-1-3-5-14/h1-7H,8-13H2,(H3,21,22,23,26)/b7-6+. The van der Waals surface area contributed by atoms with Crippen molar-refractivity contribution in [3.05, 3.63) is 63.6 Å². The third-order valence-corrected chi connectivity index (χ3v) is 5.64. The van der Waals surface area contributed by atoms with E-state index in [-0.39, 0.29) is 22.8 Å². The molecule has 1 aromatic heterocycles. The summed E-state index contributed by atoms with van der Waals surface area (Å²) in [6, 6.07) is 9.80. The van der Waals surface area contributed by atoms with Crippen LogP contribution in [0.2, 0.25) is 0 Å². The van der Waals surface area contributed by atoms with Crippen LogP contribution in [0.15, 0.2) is 41.2 Å². The van der Waals surface area contributed by atoms with E-state index in [2.05, 4.69) is 9.97 Å². The molecule has 1 aromatic carbocycles. The third-order valence-electron chi connectivity index (χ3n) is 5.64. The Morgan fingerprint density at radius 3 is 2.65 bits per heavy atom. The van der Waals surface area contributed by atoms with Gasteiger partial charge in [0.1, 0.15) is 0 Å². The van der Waals surface area contributed by atoms with Crippen LogP contribution in [0, 0.1) is 0 Å². The number of carbonyl (C=O) groups excluding carboxylic acids is 1. The fourth-order valence-electron chi connectivity index (χ4n) is 4.15. The number of nitrogens with zero attached hydrogens (tertiary/aromatic N) is 2. The summed E-state index contributed by atoms with van der Waals surface area (Å²) in [6.45, 7) is 1.34. The van der Waals surface area contributed by atoms with Crippen molar-refractivity contribution in [3.63, 3.8) is 0 Å². The molecule has 2 aromatic rings. The zero-order chi connectivity index (χ0) is 18.1. The molecule has 2 heterocycles. The van der Waals surface area contributed by atoms with Crippen LogP contribution < -0.4 is 11.3 Å². The zero-order valence-electron chi connectivity index (χ0n) is 14.6. The number of nitrogens with two attached hydrogens (primary N) is 1. The number of amides is 1. The minimum Gasteiger partial charge on any atom is -0.369 e. The maximum absolute atomic E-state index is 12.5. The molecular weight excluding hydrogens is 328 g/mol. The molecule has 0 atom stereocenters. The highest BCUT2D eigenvalue weighted by atomic mass is 16.2. The predicted molar refractivity (Wildman–Crippen MR) is 101 cm³/mol. The van der Waals surface area contributed by atoms with Crippen molar-refractivity contribution < 1.29 is 4.79 Å². The topological polar surface area (TPSA) is 92.1 Å². The Balaban J connectivity index is 1.46. The molecule has 4 rings (SSSR count). The Morgan fingerprint density at radius 1 is 1.19 bits per heavy atom. The lowest BCUT2D eigenvalue weighted by atomic mass is 9.76. The van der Waals surface area contributed by atoms with Gasteiger partial charge in [0.15, 0.2) is 0 Å². The molecule has 0 radical (unpaired) electrons. The van der Waals surface area contributed by atoms with E-state index in [1.54, 1.807) is 6.08 Å². The number of fused-ring (bicyclic) bond motifs is 2. The zero-order valence-corrected chi connectivity index (χ0v) is 14.6. The highest BCUT2D eigenvalue weighted by Crippen LogP contribution is 2.44. The van der Waals surface area contributed by atoms with Gasteiger partial charge < -0.3 is 10.6 Å². The van der Waals surface area contributed by atoms with E-state index in [4.69, 9.17) is 5.73 Å². The van der Waals surface area contributed by atoms with Crippen molar-refractivity contribution in [1.29, 1.82) is 0 Å². The van der Waals surface area contributed by atoms with Gasteiger partial charge in [-0.1, -0.05) is 30.3 Å². The maximum Gasteiger partial charge on any atom is 0.255 e. The van der Waals surface area contributed by atoms with Gasteiger partial charge in [-0.3, -0.25) is 14.6 Å². The van der Waals surface area contributed by atoms with Gasteiger partial charge in [0.25, 0.3) is 5.56 Å². The van der Waals surface area contributed by atoms with Gasteiger partial charge in [-0.25, -0.2) is 4.98 Å². The monoisotopic (exact) mass is 350 g/mol. The number of likely N-dealkylation sites (tertiary alicyclic amines) is 1. The second kappa shape index (κ2) is 6.44. The van der Waals surface area contributed by atoms with Gasteiger partial charge in [-0.05, 0) is 37.3 Å². The smallest absolute Gasteiger partial charge is 0.255 e. The van der Waals surface area contributed by atoms with Crippen molar-refractivity contribution >= 4 is 17.9 Å². The van der Waals surface area contributed by atoms with Crippen molar-refractivity contribution in [1.82, 2.24) is 14.9 Å². The Morgan fingerprint density at radius 2 is 1.92 bits per heavy atom. The fourth-order valence-corrected chi connectivity index (χ4v) is 4.15. The van der Waals surface area contributed by atoms with Crippen molar-refractivity contribution in [2.45, 2.75) is 31.1 Å². The predicted octanol–water partition coefficient (Wildman–Crippen LogP) is 1.87. The molecule has 0 unspecified atom stereocenters. The number of carbonyl (C=O) groups is 1. The summed E-state index contributed by atoms with van der Waals surface area (Å²) < 4.78 is 0. The van der Waals surface area contributed by atoms with E-state index in [1.165, 1.54) is 0 Å². The Hall–Kier alpha value is -2.89. The average molecular weight is 350 g/mol. The van der Waals surface area contributed by atoms with Crippen LogP contribution in [0.4, 0.5) is 5.95 Å². The summed E-state index contributed by atoms with van der Waals surface area (Å²) in [4.78, 5) is 33.5. The fraction of sp³-hybridized carbons (Fsp3) is 0.350. The highest BCUT2D eigenvalue weighted by molar-refractivity contribution is 5.91. The van der Waals surface area contributed by atoms with Crippen LogP contribution in [0.25, 0.3) is 6.08 Å². The second-order valence-electron chi connectivity index (χ2n) is 7.13. The molecule has 6 heteroatoms. The van der Waals surface area contributed by atoms with Crippen LogP contribution in [-0.4, -0.2) is 33.9 Å². The molecule has 134 valence electrons. The first-order valence-corrected chi connectivity index (χ1v) is 8.99. The second-order valence-corrected chi connectivity index (χ2v) is 7.13. The minimum absolute atomic E-state index is 0.0281. The lowest BCUT2D eigenvalue weighted by Gasteiger charge is -2.39. The van der Waals surface area contributed by atoms with Gasteiger partial charge in [-0.2, -0.15) is 0 Å². The first-order valence-electron chi connectivity index (χ1n) is 8.99. The molecule has 1 aliphatic carbocycles. The molecule has 1 saturated heterocycles. The van der Waals surface area contributed by atoms with E-state index in [0.717, 1.165) is 42.5 Å². The van der Waals surface area contributed by atoms with Crippen LogP contribution in [0.3, 0.4) is 0 Å². The number of H-pyrrole nitrogens is 1. The molecule has 2 aliphatic rings. The molecule has 1 fully saturated rings. The highest BCUT2D eigenvalue weighted by Gasteiger charge is 2.44. The molecule has 1 amide bonds. The van der Waals surface area contributed by atoms with E-state index in [1.807, 2.05) is 41.3 Å². The van der Waals surface area contributed by atoms with Gasteiger partial charge in [0.2, 0.25) is 11.9 Å². The van der Waals surface area contributed by atoms with Gasteiger partial charge in [-0.15, -0.1) is 0 Å². The summed E-state index contributed by atoms with van der Waals surface area (Å²) in [7, 11) is 0. The number of hydrogen-bond acceptors (Lipinski definition) is 4. The summed E-state index contributed by atoms with van der Waals surface area (Å²) in [5, 5.41) is 0. The van der Waals surface area contributed by atoms with Gasteiger partial charge >= 0.3 is 0 Å². The van der Waals surface area contributed by atoms with E-state index >= 15 is 0 Å². The molecule has 6 nitrogen and oxygen atoms in total. The third kappa shape index (κ3) is 2.92. The van der Waals surface area contributed by atoms with E-state index < -0.39 is 0 Å². The quantitative estimate of drug-likeness (QED) is 0.809. The summed E-state index contributed by atoms with van der Waals surface area (Å²) in [5.74, 6) is 0.208. The number of aromatic nitrogens is 2. The number of rotatable bonds is 2. The van der Waals surface area contributed by atoms with Gasteiger partial charge in [0, 0.05) is 30.1 Å². The molecule has 0 saturated carbocycles. The van der Waals surface area contributed by atoms with Crippen LogP contribution in [0.5, 0.6) is 0 Å². The number of aromatic amines is 1. The molecule has 0 bridgehead atoms. The number of piperidine rings is 1. The van der Waals surface area contributed by atoms with Crippen molar-refractivity contribution in [3.8, 4) is 0 Å². The summed E-state index contributed by atoms with van der Waals surface area (Å²) >= 11 is 0. The van der Waals surface area contributed by atoms with Crippen LogP contribution in [-0.2, 0) is 16.6 Å². The van der Waals surface area contributed by atoms with E-state index in [9.17, 15) is 9.59 Å². The Bertz CT molecular complexity index is 909. The Labute approximate surface area is 151 Å². The molecule has 1 spiro atoms. The normalized spacial score (nSPS) is 18.4. The maximum atomic E-state index is 12.5. The number of anilines is 1. The lowest BCUT2D eigenvalue weighted by molar-refractivity contribution is -0.127. The number of hydrogen-bond donors (Lipinski definition) is 2. The number of nitrogen functional groups attached to an aromatic ring is 1. The number of benzene rings is 1. The summed E-state index contributed by atoms with van der Waals surface area (Å²) in [5.41, 5.74) is 8.15. The molecule has 3 N–H and O–H groups in total. The van der Waals surface area contributed by atoms with Gasteiger partial charge in [0.05, 0.1) is 5.69 Å². The average Bonchev–Trinajstić information content (AvgIpc) is 3.00. The first-order chi connectivity index (χ1) is 12.6. The van der Waals surface area contributed by atoms with Crippen molar-refractivity contribution in [2.24, 2.45) is 0 Å². The molecular formula is C20H22N4O2. The Kier molecular flexibility index (Phi) is 4.11. The van der Waals surface area contributed by atoms with E-state index in [0.29, 0.717) is 13.1 Å². The van der Waals surface area contributed by atoms with Crippen LogP contribution in [0.1, 0.15) is 36.1 Å². The number of nitrogens with one attached hydrogen (secondary N) is 1. The SMILES string of the molecule is Nc1nc2c(c(=O)[nH]1)CCC21CCN(C(=O)/C=C/c2ccccc2)CC1.